The Kier molecular flexibility index (Phi) is 6.27. The van der Waals surface area contributed by atoms with Gasteiger partial charge in [0.25, 0.3) is 0 Å². The van der Waals surface area contributed by atoms with E-state index in [2.05, 4.69) is 0 Å². The summed E-state index contributed by atoms with van der Waals surface area (Å²) in [7, 11) is 1.56. The number of hydrogen-bond donors (Lipinski definition) is 0. The molecule has 0 saturated heterocycles. The van der Waals surface area contributed by atoms with Gasteiger partial charge >= 0.3 is 0 Å². The molecule has 0 unspecified atom stereocenters. The van der Waals surface area contributed by atoms with Crippen molar-refractivity contribution in [3.05, 3.63) is 86.8 Å². The molecule has 0 atom stereocenters. The van der Waals surface area contributed by atoms with Crippen LogP contribution in [0.15, 0.2) is 60.7 Å². The van der Waals surface area contributed by atoms with Crippen molar-refractivity contribution < 1.29 is 18.7 Å². The molecule has 0 fully saturated rings. The van der Waals surface area contributed by atoms with Crippen molar-refractivity contribution in [2.45, 2.75) is 6.61 Å². The van der Waals surface area contributed by atoms with E-state index in [0.717, 1.165) is 11.1 Å². The van der Waals surface area contributed by atoms with Gasteiger partial charge in [-0.15, -0.1) is 11.3 Å². The second kappa shape index (κ2) is 8.84. The van der Waals surface area contributed by atoms with E-state index >= 15 is 0 Å². The third kappa shape index (κ3) is 4.96. The van der Waals surface area contributed by atoms with Gasteiger partial charge in [0.2, 0.25) is 0 Å². The molecule has 0 aliphatic rings. The molecule has 2 aromatic carbocycles. The molecule has 1 aromatic heterocycles. The molecule has 0 aliphatic heterocycles. The molecule has 1 heterocycles. The Morgan fingerprint density at radius 3 is 2.67 bits per heavy atom. The molecule has 0 radical (unpaired) electrons. The maximum Gasteiger partial charge on any atom is 0.195 e. The van der Waals surface area contributed by atoms with Gasteiger partial charge in [0.05, 0.1) is 16.3 Å². The highest BCUT2D eigenvalue weighted by Gasteiger charge is 2.08. The summed E-state index contributed by atoms with van der Waals surface area (Å²) in [5.41, 5.74) is 1.55. The summed E-state index contributed by atoms with van der Waals surface area (Å²) in [5.74, 6) is 0.254. The van der Waals surface area contributed by atoms with E-state index in [4.69, 9.17) is 21.1 Å². The number of ketones is 1. The minimum Gasteiger partial charge on any atom is -0.496 e. The van der Waals surface area contributed by atoms with Crippen molar-refractivity contribution in [1.29, 1.82) is 0 Å². The van der Waals surface area contributed by atoms with Crippen molar-refractivity contribution in [3.63, 3.8) is 0 Å². The lowest BCUT2D eigenvalue weighted by Crippen LogP contribution is -2.00. The van der Waals surface area contributed by atoms with Crippen LogP contribution in [0.4, 0.5) is 4.39 Å². The number of carbonyl (C=O) groups is 1. The van der Waals surface area contributed by atoms with Crippen molar-refractivity contribution in [3.8, 4) is 11.5 Å². The third-order valence-electron chi connectivity index (χ3n) is 3.77. The van der Waals surface area contributed by atoms with E-state index in [-0.39, 0.29) is 18.1 Å². The fourth-order valence-corrected chi connectivity index (χ4v) is 3.40. The Morgan fingerprint density at radius 2 is 1.96 bits per heavy atom. The minimum atomic E-state index is -0.423. The van der Waals surface area contributed by atoms with E-state index < -0.39 is 5.82 Å². The molecule has 6 heteroatoms. The second-order valence-electron chi connectivity index (χ2n) is 5.59. The molecule has 3 rings (SSSR count). The van der Waals surface area contributed by atoms with Crippen LogP contribution in [0.25, 0.3) is 6.08 Å². The molecule has 138 valence electrons. The van der Waals surface area contributed by atoms with Crippen LogP contribution in [0, 0.1) is 5.82 Å². The molecule has 0 aliphatic carbocycles. The first-order valence-electron chi connectivity index (χ1n) is 8.09. The van der Waals surface area contributed by atoms with E-state index in [9.17, 15) is 9.18 Å². The highest BCUT2D eigenvalue weighted by Crippen LogP contribution is 2.25. The first-order valence-corrected chi connectivity index (χ1v) is 9.28. The molecule has 3 aromatic rings. The van der Waals surface area contributed by atoms with Gasteiger partial charge in [-0.2, -0.15) is 0 Å². The van der Waals surface area contributed by atoms with Gasteiger partial charge in [-0.3, -0.25) is 4.79 Å². The van der Waals surface area contributed by atoms with Gasteiger partial charge in [0, 0.05) is 5.56 Å². The predicted molar refractivity (Wildman–Crippen MR) is 106 cm³/mol. The summed E-state index contributed by atoms with van der Waals surface area (Å²) in [4.78, 5) is 12.7. The zero-order valence-corrected chi connectivity index (χ0v) is 16.0. The molecule has 0 spiro atoms. The van der Waals surface area contributed by atoms with Crippen LogP contribution in [0.5, 0.6) is 11.5 Å². The lowest BCUT2D eigenvalue weighted by atomic mass is 10.1. The number of rotatable bonds is 7. The Morgan fingerprint density at radius 1 is 1.15 bits per heavy atom. The first kappa shape index (κ1) is 19.1. The standard InChI is InChI=1S/C21H16ClFO3S/c1-25-18-9-7-14(6-8-17(24)20-10-11-21(22)27-20)12-15(18)13-26-19-5-3-2-4-16(19)23/h2-12H,13H2,1H3/b8-6+. The van der Waals surface area contributed by atoms with Crippen LogP contribution < -0.4 is 9.47 Å². The fourth-order valence-electron chi connectivity index (χ4n) is 2.43. The van der Waals surface area contributed by atoms with Gasteiger partial charge < -0.3 is 9.47 Å². The first-order chi connectivity index (χ1) is 13.1. The zero-order valence-electron chi connectivity index (χ0n) is 14.4. The average molecular weight is 403 g/mol. The normalized spacial score (nSPS) is 10.9. The highest BCUT2D eigenvalue weighted by molar-refractivity contribution is 7.18. The third-order valence-corrected chi connectivity index (χ3v) is 5.01. The summed E-state index contributed by atoms with van der Waals surface area (Å²) >= 11 is 7.10. The van der Waals surface area contributed by atoms with E-state index in [1.807, 2.05) is 12.1 Å². The van der Waals surface area contributed by atoms with E-state index in [1.54, 1.807) is 49.6 Å². The van der Waals surface area contributed by atoms with Crippen molar-refractivity contribution in [1.82, 2.24) is 0 Å². The maximum absolute atomic E-state index is 13.7. The number of benzene rings is 2. The minimum absolute atomic E-state index is 0.119. The lowest BCUT2D eigenvalue weighted by Gasteiger charge is -2.11. The average Bonchev–Trinajstić information content (AvgIpc) is 3.12. The van der Waals surface area contributed by atoms with Crippen LogP contribution in [-0.2, 0) is 6.61 Å². The van der Waals surface area contributed by atoms with Crippen LogP contribution in [0.1, 0.15) is 20.8 Å². The monoisotopic (exact) mass is 402 g/mol. The molecule has 0 amide bonds. The molecule has 0 bridgehead atoms. The van der Waals surface area contributed by atoms with Gasteiger partial charge in [0.15, 0.2) is 17.3 Å². The zero-order chi connectivity index (χ0) is 19.2. The number of para-hydroxylation sites is 1. The van der Waals surface area contributed by atoms with Crippen LogP contribution in [0.3, 0.4) is 0 Å². The molecule has 27 heavy (non-hydrogen) atoms. The summed E-state index contributed by atoms with van der Waals surface area (Å²) in [6.07, 6.45) is 3.20. The number of carbonyl (C=O) groups excluding carboxylic acids is 1. The topological polar surface area (TPSA) is 35.5 Å². The lowest BCUT2D eigenvalue weighted by molar-refractivity contribution is 0.105. The Balaban J connectivity index is 1.75. The number of allylic oxidation sites excluding steroid dienone is 1. The molecule has 3 nitrogen and oxygen atoms in total. The van der Waals surface area contributed by atoms with Crippen LogP contribution in [-0.4, -0.2) is 12.9 Å². The Hall–Kier alpha value is -2.63. The summed E-state index contributed by atoms with van der Waals surface area (Å²) < 4.78 is 25.2. The van der Waals surface area contributed by atoms with E-state index in [0.29, 0.717) is 15.0 Å². The molecule has 0 saturated carbocycles. The molecule has 0 N–H and O–H groups in total. The maximum atomic E-state index is 13.7. The number of ether oxygens (including phenoxy) is 2. The Bertz CT molecular complexity index is 981. The largest absolute Gasteiger partial charge is 0.496 e. The van der Waals surface area contributed by atoms with Crippen LogP contribution >= 0.6 is 22.9 Å². The molecular weight excluding hydrogens is 387 g/mol. The predicted octanol–water partition coefficient (Wildman–Crippen LogP) is 6.02. The van der Waals surface area contributed by atoms with Gasteiger partial charge in [-0.05, 0) is 48.0 Å². The van der Waals surface area contributed by atoms with Gasteiger partial charge in [-0.25, -0.2) is 4.39 Å². The SMILES string of the molecule is COc1ccc(/C=C/C(=O)c2ccc(Cl)s2)cc1COc1ccccc1F. The van der Waals surface area contributed by atoms with Crippen molar-refractivity contribution >= 4 is 34.8 Å². The number of hydrogen-bond acceptors (Lipinski definition) is 4. The summed E-state index contributed by atoms with van der Waals surface area (Å²) in [6.45, 7) is 0.139. The second-order valence-corrected chi connectivity index (χ2v) is 7.31. The summed E-state index contributed by atoms with van der Waals surface area (Å²) in [5, 5.41) is 0. The fraction of sp³-hybridized carbons (Fsp3) is 0.0952. The van der Waals surface area contributed by atoms with Gasteiger partial charge in [0.1, 0.15) is 12.4 Å². The number of halogens is 2. The van der Waals surface area contributed by atoms with Gasteiger partial charge in [-0.1, -0.05) is 35.9 Å². The highest BCUT2D eigenvalue weighted by atomic mass is 35.5. The number of methoxy groups -OCH3 is 1. The Labute approximate surface area is 165 Å². The quantitative estimate of drug-likeness (QED) is 0.358. The summed E-state index contributed by atoms with van der Waals surface area (Å²) in [6, 6.07) is 15.1. The smallest absolute Gasteiger partial charge is 0.195 e. The van der Waals surface area contributed by atoms with E-state index in [1.165, 1.54) is 23.5 Å². The molecular formula is C21H16ClFO3S. The number of thiophene rings is 1. The van der Waals surface area contributed by atoms with Crippen molar-refractivity contribution in [2.24, 2.45) is 0 Å². The van der Waals surface area contributed by atoms with Crippen molar-refractivity contribution in [2.75, 3.05) is 7.11 Å². The van der Waals surface area contributed by atoms with Crippen LogP contribution in [0.2, 0.25) is 4.34 Å².